The van der Waals surface area contributed by atoms with Crippen LogP contribution in [0.2, 0.25) is 0 Å². The van der Waals surface area contributed by atoms with Gasteiger partial charge in [0.05, 0.1) is 12.2 Å². The summed E-state index contributed by atoms with van der Waals surface area (Å²) in [6, 6.07) is 0. The van der Waals surface area contributed by atoms with E-state index >= 15 is 0 Å². The second-order valence-electron chi connectivity index (χ2n) is 5.88. The van der Waals surface area contributed by atoms with Crippen LogP contribution in [-0.2, 0) is 4.74 Å². The van der Waals surface area contributed by atoms with Crippen LogP contribution >= 0.6 is 0 Å². The molecule has 2 aliphatic heterocycles. The first kappa shape index (κ1) is 13.1. The molecule has 0 aromatic rings. The van der Waals surface area contributed by atoms with Crippen molar-refractivity contribution in [1.29, 1.82) is 0 Å². The highest BCUT2D eigenvalue weighted by Gasteiger charge is 2.31. The van der Waals surface area contributed by atoms with Crippen molar-refractivity contribution in [3.8, 4) is 0 Å². The second kappa shape index (κ2) is 6.01. The van der Waals surface area contributed by atoms with Crippen LogP contribution in [0.15, 0.2) is 12.2 Å². The van der Waals surface area contributed by atoms with Gasteiger partial charge in [-0.25, -0.2) is 0 Å². The van der Waals surface area contributed by atoms with E-state index in [9.17, 15) is 0 Å². The van der Waals surface area contributed by atoms with Crippen molar-refractivity contribution < 1.29 is 4.74 Å². The zero-order valence-corrected chi connectivity index (χ0v) is 11.5. The molecule has 0 aromatic heterocycles. The molecule has 0 spiro atoms. The lowest BCUT2D eigenvalue weighted by Crippen LogP contribution is -2.44. The van der Waals surface area contributed by atoms with Gasteiger partial charge < -0.3 is 9.64 Å². The van der Waals surface area contributed by atoms with Crippen LogP contribution in [0, 0.1) is 5.92 Å². The fourth-order valence-corrected chi connectivity index (χ4v) is 3.19. The molecule has 2 heteroatoms. The molecule has 0 unspecified atom stereocenters. The van der Waals surface area contributed by atoms with Gasteiger partial charge in [0, 0.05) is 12.5 Å². The summed E-state index contributed by atoms with van der Waals surface area (Å²) >= 11 is 0. The summed E-state index contributed by atoms with van der Waals surface area (Å²) in [5.74, 6) is 0.577. The summed E-state index contributed by atoms with van der Waals surface area (Å²) in [5.41, 5.74) is 1.30. The number of hydrogen-bond acceptors (Lipinski definition) is 2. The van der Waals surface area contributed by atoms with E-state index in [-0.39, 0.29) is 0 Å². The van der Waals surface area contributed by atoms with Crippen LogP contribution in [0.4, 0.5) is 0 Å². The van der Waals surface area contributed by atoms with Crippen LogP contribution in [0.1, 0.15) is 46.0 Å². The number of likely N-dealkylation sites (tertiary alicyclic amines) is 1. The minimum absolute atomic E-state index is 0.384. The van der Waals surface area contributed by atoms with E-state index in [0.717, 1.165) is 6.54 Å². The van der Waals surface area contributed by atoms with Crippen molar-refractivity contribution in [2.75, 3.05) is 19.6 Å². The second-order valence-corrected chi connectivity index (χ2v) is 5.88. The first-order valence-electron chi connectivity index (χ1n) is 7.20. The maximum atomic E-state index is 6.16. The number of ether oxygens (including phenoxy) is 1. The molecule has 0 bridgehead atoms. The van der Waals surface area contributed by atoms with Crippen LogP contribution in [0.3, 0.4) is 0 Å². The van der Waals surface area contributed by atoms with Crippen molar-refractivity contribution in [2.24, 2.45) is 5.92 Å². The van der Waals surface area contributed by atoms with E-state index in [4.69, 9.17) is 4.74 Å². The quantitative estimate of drug-likeness (QED) is 0.699. The van der Waals surface area contributed by atoms with Crippen molar-refractivity contribution in [3.05, 3.63) is 12.2 Å². The van der Waals surface area contributed by atoms with Crippen molar-refractivity contribution in [3.63, 3.8) is 0 Å². The molecule has 2 aliphatic rings. The Morgan fingerprint density at radius 2 is 1.94 bits per heavy atom. The molecule has 0 aromatic carbocycles. The van der Waals surface area contributed by atoms with E-state index in [1.807, 2.05) is 0 Å². The summed E-state index contributed by atoms with van der Waals surface area (Å²) < 4.78 is 6.16. The molecule has 2 saturated heterocycles. The lowest BCUT2D eigenvalue weighted by Gasteiger charge is -2.39. The maximum absolute atomic E-state index is 6.16. The molecule has 0 radical (unpaired) electrons. The molecular formula is C15H27NO. The van der Waals surface area contributed by atoms with Gasteiger partial charge in [0.25, 0.3) is 0 Å². The van der Waals surface area contributed by atoms with E-state index in [1.54, 1.807) is 0 Å². The summed E-state index contributed by atoms with van der Waals surface area (Å²) in [6.45, 7) is 12.1. The lowest BCUT2D eigenvalue weighted by atomic mass is 9.86. The predicted molar refractivity (Wildman–Crippen MR) is 72.2 cm³/mol. The molecule has 0 aliphatic carbocycles. The summed E-state index contributed by atoms with van der Waals surface area (Å²) in [5, 5.41) is 0. The summed E-state index contributed by atoms with van der Waals surface area (Å²) in [6.07, 6.45) is 7.39. The number of rotatable bonds is 3. The van der Waals surface area contributed by atoms with Gasteiger partial charge in [-0.3, -0.25) is 0 Å². The van der Waals surface area contributed by atoms with Gasteiger partial charge in [0.1, 0.15) is 0 Å². The van der Waals surface area contributed by atoms with Crippen LogP contribution in [0.25, 0.3) is 0 Å². The summed E-state index contributed by atoms with van der Waals surface area (Å²) in [7, 11) is 0. The Morgan fingerprint density at radius 3 is 2.59 bits per heavy atom. The average Bonchev–Trinajstić information content (AvgIpc) is 2.30. The topological polar surface area (TPSA) is 12.5 Å². The Bertz CT molecular complexity index is 258. The fourth-order valence-electron chi connectivity index (χ4n) is 3.19. The van der Waals surface area contributed by atoms with Crippen LogP contribution in [-0.4, -0.2) is 36.7 Å². The number of hydrogen-bond donors (Lipinski definition) is 0. The number of piperidine rings is 1. The van der Waals surface area contributed by atoms with Gasteiger partial charge in [0.15, 0.2) is 0 Å². The van der Waals surface area contributed by atoms with Gasteiger partial charge in [-0.15, -0.1) is 0 Å². The molecule has 2 fully saturated rings. The zero-order chi connectivity index (χ0) is 12.3. The minimum Gasteiger partial charge on any atom is -0.373 e. The van der Waals surface area contributed by atoms with Crippen molar-refractivity contribution in [1.82, 2.24) is 4.90 Å². The zero-order valence-electron chi connectivity index (χ0n) is 11.5. The lowest BCUT2D eigenvalue weighted by molar-refractivity contribution is -0.0793. The van der Waals surface area contributed by atoms with Gasteiger partial charge in [-0.2, -0.15) is 0 Å². The third kappa shape index (κ3) is 3.56. The largest absolute Gasteiger partial charge is 0.373 e. The van der Waals surface area contributed by atoms with E-state index in [2.05, 4.69) is 25.3 Å². The Balaban J connectivity index is 1.92. The smallest absolute Gasteiger partial charge is 0.0770 e. The minimum atomic E-state index is 0.384. The van der Waals surface area contributed by atoms with Crippen molar-refractivity contribution in [2.45, 2.75) is 58.2 Å². The molecular weight excluding hydrogens is 210 g/mol. The molecule has 17 heavy (non-hydrogen) atoms. The van der Waals surface area contributed by atoms with Gasteiger partial charge >= 0.3 is 0 Å². The normalized spacial score (nSPS) is 35.8. The molecule has 0 saturated carbocycles. The standard InChI is InChI=1S/C15H27NO/c1-12(2)14-8-7-13(3)17-15(14)11-16-9-5-4-6-10-16/h13-15H,1,4-11H2,2-3H3/t13-,14-,15+/m0/s1. The van der Waals surface area contributed by atoms with Gasteiger partial charge in [-0.1, -0.05) is 18.6 Å². The third-order valence-corrected chi connectivity index (χ3v) is 4.26. The van der Waals surface area contributed by atoms with Crippen LogP contribution in [0.5, 0.6) is 0 Å². The summed E-state index contributed by atoms with van der Waals surface area (Å²) in [4.78, 5) is 2.59. The van der Waals surface area contributed by atoms with Gasteiger partial charge in [-0.05, 0) is 52.6 Å². The fraction of sp³-hybridized carbons (Fsp3) is 0.867. The SMILES string of the molecule is C=C(C)[C@@H]1CC[C@H](C)O[C@@H]1CN1CCCCC1. The molecule has 2 heterocycles. The van der Waals surface area contributed by atoms with Gasteiger partial charge in [0.2, 0.25) is 0 Å². The van der Waals surface area contributed by atoms with Crippen molar-refractivity contribution >= 4 is 0 Å². The Kier molecular flexibility index (Phi) is 4.63. The highest BCUT2D eigenvalue weighted by Crippen LogP contribution is 2.30. The molecule has 3 atom stereocenters. The van der Waals surface area contributed by atoms with E-state index in [0.29, 0.717) is 18.1 Å². The molecule has 2 rings (SSSR count). The molecule has 0 amide bonds. The van der Waals surface area contributed by atoms with E-state index in [1.165, 1.54) is 50.8 Å². The maximum Gasteiger partial charge on any atom is 0.0770 e. The average molecular weight is 237 g/mol. The first-order chi connectivity index (χ1) is 8.16. The monoisotopic (exact) mass is 237 g/mol. The van der Waals surface area contributed by atoms with Crippen LogP contribution < -0.4 is 0 Å². The molecule has 2 nitrogen and oxygen atoms in total. The third-order valence-electron chi connectivity index (χ3n) is 4.26. The highest BCUT2D eigenvalue weighted by atomic mass is 16.5. The number of nitrogens with zero attached hydrogens (tertiary/aromatic N) is 1. The first-order valence-corrected chi connectivity index (χ1v) is 7.20. The Labute approximate surface area is 106 Å². The Hall–Kier alpha value is -0.340. The highest BCUT2D eigenvalue weighted by molar-refractivity contribution is 5.02. The predicted octanol–water partition coefficient (Wildman–Crippen LogP) is 3.23. The Morgan fingerprint density at radius 1 is 1.24 bits per heavy atom. The molecule has 0 N–H and O–H groups in total. The van der Waals surface area contributed by atoms with E-state index < -0.39 is 0 Å². The molecule has 98 valence electrons.